The zero-order valence-electron chi connectivity index (χ0n) is 9.40. The average Bonchev–Trinajstić information content (AvgIpc) is 2.64. The van der Waals surface area contributed by atoms with Gasteiger partial charge in [0.2, 0.25) is 11.8 Å². The van der Waals surface area contributed by atoms with E-state index in [-0.39, 0.29) is 24.4 Å². The predicted molar refractivity (Wildman–Crippen MR) is 69.7 cm³/mol. The van der Waals surface area contributed by atoms with E-state index >= 15 is 0 Å². The molecule has 4 nitrogen and oxygen atoms in total. The van der Waals surface area contributed by atoms with Gasteiger partial charge in [-0.1, -0.05) is 6.92 Å². The molecule has 0 bridgehead atoms. The summed E-state index contributed by atoms with van der Waals surface area (Å²) in [6.07, 6.45) is 0.710. The average molecular weight is 317 g/mol. The molecule has 0 spiro atoms. The Kier molecular flexibility index (Phi) is 3.96. The number of amides is 2. The Morgan fingerprint density at radius 1 is 1.59 bits per heavy atom. The summed E-state index contributed by atoms with van der Waals surface area (Å²) in [5.41, 5.74) is 0. The van der Waals surface area contributed by atoms with E-state index in [0.29, 0.717) is 13.0 Å². The first-order valence-corrected chi connectivity index (χ1v) is 7.08. The lowest BCUT2D eigenvalue weighted by atomic mass is 10.1. The Morgan fingerprint density at radius 2 is 2.35 bits per heavy atom. The minimum absolute atomic E-state index is 0.184. The lowest BCUT2D eigenvalue weighted by Gasteiger charge is -2.32. The van der Waals surface area contributed by atoms with Crippen molar-refractivity contribution in [3.05, 3.63) is 20.8 Å². The van der Waals surface area contributed by atoms with E-state index < -0.39 is 0 Å². The maximum absolute atomic E-state index is 11.7. The SMILES string of the molecule is CCC1C(=O)NC(=O)CN1Cc1sccc1Br. The minimum atomic E-state index is -0.215. The number of piperazine rings is 1. The maximum atomic E-state index is 11.7. The second-order valence-electron chi connectivity index (χ2n) is 3.93. The Labute approximate surface area is 112 Å². The van der Waals surface area contributed by atoms with E-state index in [4.69, 9.17) is 0 Å². The van der Waals surface area contributed by atoms with Crippen molar-refractivity contribution < 1.29 is 9.59 Å². The van der Waals surface area contributed by atoms with Gasteiger partial charge in [0.05, 0.1) is 12.6 Å². The first kappa shape index (κ1) is 12.7. The minimum Gasteiger partial charge on any atom is -0.294 e. The largest absolute Gasteiger partial charge is 0.294 e. The van der Waals surface area contributed by atoms with Gasteiger partial charge in [-0.15, -0.1) is 11.3 Å². The number of hydrogen-bond acceptors (Lipinski definition) is 4. The monoisotopic (exact) mass is 316 g/mol. The lowest BCUT2D eigenvalue weighted by molar-refractivity contribution is -0.140. The molecule has 1 aliphatic rings. The van der Waals surface area contributed by atoms with Gasteiger partial charge in [0, 0.05) is 15.9 Å². The zero-order chi connectivity index (χ0) is 12.4. The summed E-state index contributed by atoms with van der Waals surface area (Å²) in [6.45, 7) is 2.88. The molecule has 2 heterocycles. The van der Waals surface area contributed by atoms with Gasteiger partial charge < -0.3 is 0 Å². The highest BCUT2D eigenvalue weighted by Crippen LogP contribution is 2.25. The van der Waals surface area contributed by atoms with Crippen molar-refractivity contribution in [1.82, 2.24) is 10.2 Å². The number of rotatable bonds is 3. The molecule has 0 radical (unpaired) electrons. The summed E-state index contributed by atoms with van der Waals surface area (Å²) in [7, 11) is 0. The summed E-state index contributed by atoms with van der Waals surface area (Å²) in [5, 5.41) is 4.37. The van der Waals surface area contributed by atoms with Gasteiger partial charge >= 0.3 is 0 Å². The second-order valence-corrected chi connectivity index (χ2v) is 5.79. The molecule has 92 valence electrons. The first-order chi connectivity index (χ1) is 8.11. The van der Waals surface area contributed by atoms with Crippen LogP contribution in [0.4, 0.5) is 0 Å². The first-order valence-electron chi connectivity index (χ1n) is 5.41. The normalized spacial score (nSPS) is 21.6. The Morgan fingerprint density at radius 3 is 2.94 bits per heavy atom. The number of thiophene rings is 1. The zero-order valence-corrected chi connectivity index (χ0v) is 11.8. The molecule has 2 rings (SSSR count). The summed E-state index contributed by atoms with van der Waals surface area (Å²) < 4.78 is 1.04. The van der Waals surface area contributed by atoms with Crippen molar-refractivity contribution in [1.29, 1.82) is 0 Å². The third kappa shape index (κ3) is 2.75. The number of carbonyl (C=O) groups is 2. The van der Waals surface area contributed by atoms with Gasteiger partial charge in [-0.25, -0.2) is 0 Å². The summed E-state index contributed by atoms with van der Waals surface area (Å²) in [4.78, 5) is 26.1. The van der Waals surface area contributed by atoms with Crippen molar-refractivity contribution in [2.45, 2.75) is 25.9 Å². The molecule has 0 aliphatic carbocycles. The molecule has 1 fully saturated rings. The predicted octanol–water partition coefficient (Wildman–Crippen LogP) is 1.75. The fraction of sp³-hybridized carbons (Fsp3) is 0.455. The molecule has 0 saturated carbocycles. The van der Waals surface area contributed by atoms with Crippen LogP contribution in [0.1, 0.15) is 18.2 Å². The molecular formula is C11H13BrN2O2S. The summed E-state index contributed by atoms with van der Waals surface area (Å²) in [5.74, 6) is -0.399. The van der Waals surface area contributed by atoms with E-state index in [1.807, 2.05) is 23.3 Å². The molecule has 1 aromatic heterocycles. The highest BCUT2D eigenvalue weighted by Gasteiger charge is 2.32. The molecule has 17 heavy (non-hydrogen) atoms. The highest BCUT2D eigenvalue weighted by atomic mass is 79.9. The second kappa shape index (κ2) is 5.29. The van der Waals surface area contributed by atoms with E-state index in [0.717, 1.165) is 9.35 Å². The van der Waals surface area contributed by atoms with E-state index in [2.05, 4.69) is 21.2 Å². The fourth-order valence-electron chi connectivity index (χ4n) is 1.95. The van der Waals surface area contributed by atoms with E-state index in [9.17, 15) is 9.59 Å². The molecule has 1 saturated heterocycles. The van der Waals surface area contributed by atoms with Crippen LogP contribution in [0, 0.1) is 0 Å². The molecule has 1 atom stereocenters. The standard InChI is InChI=1S/C11H13BrN2O2S/c1-2-8-11(16)13-10(15)6-14(8)5-9-7(12)3-4-17-9/h3-4,8H,2,5-6H2,1H3,(H,13,15,16). The molecule has 0 aromatic carbocycles. The smallest absolute Gasteiger partial charge is 0.243 e. The van der Waals surface area contributed by atoms with Crippen LogP contribution in [0.15, 0.2) is 15.9 Å². The molecule has 1 aromatic rings. The number of hydrogen-bond donors (Lipinski definition) is 1. The number of nitrogens with zero attached hydrogens (tertiary/aromatic N) is 1. The van der Waals surface area contributed by atoms with Gasteiger partial charge in [-0.3, -0.25) is 19.8 Å². The van der Waals surface area contributed by atoms with Crippen LogP contribution in [0.2, 0.25) is 0 Å². The topological polar surface area (TPSA) is 49.4 Å². The van der Waals surface area contributed by atoms with Crippen LogP contribution in [0.25, 0.3) is 0 Å². The van der Waals surface area contributed by atoms with Crippen molar-refractivity contribution in [2.75, 3.05) is 6.54 Å². The number of halogens is 1. The van der Waals surface area contributed by atoms with Crippen molar-refractivity contribution in [2.24, 2.45) is 0 Å². The molecule has 6 heteroatoms. The van der Waals surface area contributed by atoms with Gasteiger partial charge in [-0.2, -0.15) is 0 Å². The van der Waals surface area contributed by atoms with Crippen LogP contribution in [0.3, 0.4) is 0 Å². The van der Waals surface area contributed by atoms with Gasteiger partial charge in [-0.05, 0) is 33.8 Å². The van der Waals surface area contributed by atoms with Crippen LogP contribution in [-0.4, -0.2) is 29.3 Å². The van der Waals surface area contributed by atoms with Gasteiger partial charge in [0.25, 0.3) is 0 Å². The molecule has 1 unspecified atom stereocenters. The number of imide groups is 1. The van der Waals surface area contributed by atoms with Crippen LogP contribution >= 0.6 is 27.3 Å². The number of nitrogens with one attached hydrogen (secondary N) is 1. The third-order valence-electron chi connectivity index (χ3n) is 2.78. The van der Waals surface area contributed by atoms with E-state index in [1.54, 1.807) is 11.3 Å². The van der Waals surface area contributed by atoms with E-state index in [1.165, 1.54) is 0 Å². The summed E-state index contributed by atoms with van der Waals surface area (Å²) >= 11 is 5.09. The summed E-state index contributed by atoms with van der Waals surface area (Å²) in [6, 6.07) is 1.77. The van der Waals surface area contributed by atoms with Crippen molar-refractivity contribution in [3.63, 3.8) is 0 Å². The maximum Gasteiger partial charge on any atom is 0.243 e. The van der Waals surface area contributed by atoms with Crippen molar-refractivity contribution >= 4 is 39.1 Å². The Balaban J connectivity index is 2.15. The third-order valence-corrected chi connectivity index (χ3v) is 4.69. The molecular weight excluding hydrogens is 304 g/mol. The fourth-order valence-corrected chi connectivity index (χ4v) is 3.46. The number of carbonyl (C=O) groups excluding carboxylic acids is 2. The lowest BCUT2D eigenvalue weighted by Crippen LogP contribution is -2.57. The molecule has 1 aliphatic heterocycles. The quantitative estimate of drug-likeness (QED) is 0.864. The van der Waals surface area contributed by atoms with Crippen LogP contribution in [0.5, 0.6) is 0 Å². The van der Waals surface area contributed by atoms with Crippen LogP contribution < -0.4 is 5.32 Å². The Hall–Kier alpha value is -0.720. The van der Waals surface area contributed by atoms with Gasteiger partial charge in [0.1, 0.15) is 0 Å². The van der Waals surface area contributed by atoms with Crippen LogP contribution in [-0.2, 0) is 16.1 Å². The van der Waals surface area contributed by atoms with Gasteiger partial charge in [0.15, 0.2) is 0 Å². The Bertz CT molecular complexity index is 446. The highest BCUT2D eigenvalue weighted by molar-refractivity contribution is 9.10. The molecule has 2 amide bonds. The van der Waals surface area contributed by atoms with Crippen molar-refractivity contribution in [3.8, 4) is 0 Å². The molecule has 1 N–H and O–H groups in total.